The number of fused-ring (bicyclic) bond motifs is 2. The zero-order valence-corrected chi connectivity index (χ0v) is 22.3. The number of rotatable bonds is 4. The summed E-state index contributed by atoms with van der Waals surface area (Å²) in [6.45, 7) is 15.7. The summed E-state index contributed by atoms with van der Waals surface area (Å²) in [5.74, 6) is 2.21. The van der Waals surface area contributed by atoms with Crippen LogP contribution in [-0.2, 0) is 0 Å². The molecule has 0 aromatic heterocycles. The maximum Gasteiger partial charge on any atom is 0.0772 e. The lowest BCUT2D eigenvalue weighted by atomic mass is 9.41. The molecule has 0 amide bonds. The monoisotopic (exact) mass is 458 g/mol. The van der Waals surface area contributed by atoms with Gasteiger partial charge in [0, 0.05) is 0 Å². The molecule has 3 heteroatoms. The van der Waals surface area contributed by atoms with Gasteiger partial charge in [-0.05, 0) is 122 Å². The van der Waals surface area contributed by atoms with Crippen molar-refractivity contribution in [2.75, 3.05) is 0 Å². The molecule has 2 spiro atoms. The van der Waals surface area contributed by atoms with Gasteiger partial charge in [0.05, 0.1) is 17.8 Å². The molecule has 0 saturated heterocycles. The summed E-state index contributed by atoms with van der Waals surface area (Å²) in [4.78, 5) is 0. The van der Waals surface area contributed by atoms with E-state index in [-0.39, 0.29) is 22.9 Å². The van der Waals surface area contributed by atoms with Crippen molar-refractivity contribution in [3.63, 3.8) is 0 Å². The highest BCUT2D eigenvalue weighted by molar-refractivity contribution is 5.30. The van der Waals surface area contributed by atoms with Gasteiger partial charge in [-0.25, -0.2) is 0 Å². The smallest absolute Gasteiger partial charge is 0.0772 e. The summed E-state index contributed by atoms with van der Waals surface area (Å²) < 4.78 is 0. The van der Waals surface area contributed by atoms with Crippen LogP contribution in [0.5, 0.6) is 0 Å². The van der Waals surface area contributed by atoms with E-state index >= 15 is 0 Å². The van der Waals surface area contributed by atoms with Crippen LogP contribution >= 0.6 is 0 Å². The van der Waals surface area contributed by atoms with Gasteiger partial charge in [-0.3, -0.25) is 0 Å². The fourth-order valence-corrected chi connectivity index (χ4v) is 11.0. The molecule has 5 aliphatic carbocycles. The average Bonchev–Trinajstić information content (AvgIpc) is 3.31. The van der Waals surface area contributed by atoms with Crippen LogP contribution in [-0.4, -0.2) is 33.1 Å². The van der Waals surface area contributed by atoms with Gasteiger partial charge in [0.1, 0.15) is 0 Å². The van der Waals surface area contributed by atoms with E-state index in [0.29, 0.717) is 28.1 Å². The van der Waals surface area contributed by atoms with E-state index in [2.05, 4.69) is 34.6 Å². The zero-order valence-electron chi connectivity index (χ0n) is 22.3. The number of aliphatic hydroxyl groups excluding tert-OH is 2. The highest BCUT2D eigenvalue weighted by Gasteiger charge is 2.82. The van der Waals surface area contributed by atoms with Crippen molar-refractivity contribution in [2.24, 2.45) is 50.7 Å². The Bertz CT molecular complexity index is 825. The molecule has 5 aliphatic rings. The van der Waals surface area contributed by atoms with Crippen LogP contribution in [0.15, 0.2) is 12.2 Å². The lowest BCUT2D eigenvalue weighted by molar-refractivity contribution is -0.163. The topological polar surface area (TPSA) is 60.7 Å². The number of aliphatic hydroxyl groups is 3. The van der Waals surface area contributed by atoms with Gasteiger partial charge in [-0.1, -0.05) is 46.8 Å². The van der Waals surface area contributed by atoms with Crippen LogP contribution in [0.1, 0.15) is 106 Å². The van der Waals surface area contributed by atoms with Gasteiger partial charge in [0.2, 0.25) is 0 Å². The maximum atomic E-state index is 11.0. The molecule has 3 N–H and O–H groups in total. The SMILES string of the molecule is C[C@H]([C@H](O)/C=C/C(C)(C)O)[C@H]1CC[C@@]2(C)[C@@H]3CC[C@H]4C(C)(C)[C@@H](O)CC[C@@]45C[C@@]35CC[C@]12C. The van der Waals surface area contributed by atoms with Crippen LogP contribution in [0, 0.1) is 50.7 Å². The summed E-state index contributed by atoms with van der Waals surface area (Å²) in [6.07, 6.45) is 14.4. The second-order valence-electron chi connectivity index (χ2n) is 14.9. The first-order valence-electron chi connectivity index (χ1n) is 13.9. The molecule has 5 saturated carbocycles. The van der Waals surface area contributed by atoms with E-state index in [0.717, 1.165) is 12.3 Å². The van der Waals surface area contributed by atoms with E-state index in [9.17, 15) is 15.3 Å². The van der Waals surface area contributed by atoms with Gasteiger partial charge >= 0.3 is 0 Å². The maximum absolute atomic E-state index is 11.0. The van der Waals surface area contributed by atoms with Crippen LogP contribution in [0.25, 0.3) is 0 Å². The summed E-state index contributed by atoms with van der Waals surface area (Å²) in [7, 11) is 0. The van der Waals surface area contributed by atoms with Crippen molar-refractivity contribution in [1.29, 1.82) is 0 Å². The molecule has 0 aliphatic heterocycles. The Morgan fingerprint density at radius 2 is 1.48 bits per heavy atom. The third-order valence-electron chi connectivity index (χ3n) is 13.0. The molecule has 0 heterocycles. The first kappa shape index (κ1) is 24.3. The molecule has 188 valence electrons. The molecule has 0 radical (unpaired) electrons. The van der Waals surface area contributed by atoms with E-state index in [4.69, 9.17) is 0 Å². The van der Waals surface area contributed by atoms with Crippen LogP contribution in [0.3, 0.4) is 0 Å². The van der Waals surface area contributed by atoms with Crippen molar-refractivity contribution >= 4 is 0 Å². The van der Waals surface area contributed by atoms with Crippen molar-refractivity contribution < 1.29 is 15.3 Å². The quantitative estimate of drug-likeness (QED) is 0.445. The average molecular weight is 459 g/mol. The Kier molecular flexibility index (Phi) is 5.23. The van der Waals surface area contributed by atoms with E-state index in [1.807, 2.05) is 6.08 Å². The Morgan fingerprint density at radius 3 is 2.15 bits per heavy atom. The minimum Gasteiger partial charge on any atom is -0.393 e. The summed E-state index contributed by atoms with van der Waals surface area (Å²) in [5, 5.41) is 32.0. The second kappa shape index (κ2) is 7.10. The lowest BCUT2D eigenvalue weighted by Gasteiger charge is -2.63. The first-order chi connectivity index (χ1) is 15.1. The molecule has 33 heavy (non-hydrogen) atoms. The first-order valence-corrected chi connectivity index (χ1v) is 13.9. The third kappa shape index (κ3) is 3.03. The fourth-order valence-electron chi connectivity index (χ4n) is 11.0. The second-order valence-corrected chi connectivity index (χ2v) is 14.9. The molecule has 5 fully saturated rings. The molecule has 3 nitrogen and oxygen atoms in total. The van der Waals surface area contributed by atoms with Crippen LogP contribution in [0.4, 0.5) is 0 Å². The van der Waals surface area contributed by atoms with Gasteiger partial charge in [-0.15, -0.1) is 0 Å². The molecule has 0 aromatic carbocycles. The van der Waals surface area contributed by atoms with Gasteiger partial charge in [0.15, 0.2) is 0 Å². The highest BCUT2D eigenvalue weighted by atomic mass is 16.3. The van der Waals surface area contributed by atoms with E-state index in [1.165, 1.54) is 51.4 Å². The molecular weight excluding hydrogens is 408 g/mol. The van der Waals surface area contributed by atoms with Gasteiger partial charge < -0.3 is 15.3 Å². The molecule has 0 unspecified atom stereocenters. The lowest BCUT2D eigenvalue weighted by Crippen LogP contribution is -2.57. The van der Waals surface area contributed by atoms with E-state index in [1.54, 1.807) is 19.9 Å². The molecule has 0 aromatic rings. The predicted molar refractivity (Wildman–Crippen MR) is 133 cm³/mol. The Morgan fingerprint density at radius 1 is 0.848 bits per heavy atom. The summed E-state index contributed by atoms with van der Waals surface area (Å²) in [5.41, 5.74) is 0.788. The normalized spacial score (nSPS) is 52.4. The van der Waals surface area contributed by atoms with Crippen molar-refractivity contribution in [3.05, 3.63) is 12.2 Å². The molecule has 5 rings (SSSR count). The number of hydrogen-bond acceptors (Lipinski definition) is 3. The minimum absolute atomic E-state index is 0.0536. The number of hydrogen-bond donors (Lipinski definition) is 3. The van der Waals surface area contributed by atoms with E-state index < -0.39 is 11.7 Å². The van der Waals surface area contributed by atoms with Crippen molar-refractivity contribution in [2.45, 2.75) is 124 Å². The third-order valence-corrected chi connectivity index (χ3v) is 13.0. The predicted octanol–water partition coefficient (Wildman–Crippen LogP) is 6.11. The Labute approximate surface area is 202 Å². The van der Waals surface area contributed by atoms with Crippen LogP contribution < -0.4 is 0 Å². The van der Waals surface area contributed by atoms with Crippen molar-refractivity contribution in [3.8, 4) is 0 Å². The highest BCUT2D eigenvalue weighted by Crippen LogP contribution is 2.89. The Hall–Kier alpha value is -0.380. The van der Waals surface area contributed by atoms with Gasteiger partial charge in [0.25, 0.3) is 0 Å². The van der Waals surface area contributed by atoms with Crippen molar-refractivity contribution in [1.82, 2.24) is 0 Å². The Balaban J connectivity index is 1.42. The zero-order chi connectivity index (χ0) is 24.2. The fraction of sp³-hybridized carbons (Fsp3) is 0.933. The molecular formula is C30H50O3. The molecule has 0 bridgehead atoms. The van der Waals surface area contributed by atoms with Crippen LogP contribution in [0.2, 0.25) is 0 Å². The standard InChI is InChI=1S/C30H50O3/c1-19(21(31)11-13-25(2,3)33)20-10-14-28(7)23-9-8-22-26(4,5)24(32)12-15-29(22)18-30(23,29)17-16-27(20,28)6/h11,13,19-24,31-33H,8-10,12,14-18H2,1-7H3/b13-11+/t19-,20+,21+,22-,23-,24-,27+,28-,29+,30-/m0/s1. The molecule has 10 atom stereocenters. The largest absolute Gasteiger partial charge is 0.393 e. The summed E-state index contributed by atoms with van der Waals surface area (Å²) in [6, 6.07) is 0. The van der Waals surface area contributed by atoms with Gasteiger partial charge in [-0.2, -0.15) is 0 Å². The minimum atomic E-state index is -0.883. The summed E-state index contributed by atoms with van der Waals surface area (Å²) >= 11 is 0.